The predicted octanol–water partition coefficient (Wildman–Crippen LogP) is 3.76. The maximum absolute atomic E-state index is 6.00. The molecular formula is C17H29NO2. The second kappa shape index (κ2) is 7.53. The lowest BCUT2D eigenvalue weighted by atomic mass is 9.86. The summed E-state index contributed by atoms with van der Waals surface area (Å²) in [5, 5.41) is 3.43. The SMILES string of the molecule is CCCNC(C)COc1ccc(OC)cc1C(C)(C)C. The number of hydrogen-bond donors (Lipinski definition) is 1. The zero-order valence-corrected chi connectivity index (χ0v) is 13.7. The van der Waals surface area contributed by atoms with Gasteiger partial charge in [-0.25, -0.2) is 0 Å². The minimum Gasteiger partial charge on any atom is -0.497 e. The molecule has 3 heteroatoms. The van der Waals surface area contributed by atoms with Crippen LogP contribution in [-0.4, -0.2) is 26.3 Å². The summed E-state index contributed by atoms with van der Waals surface area (Å²) >= 11 is 0. The molecule has 3 nitrogen and oxygen atoms in total. The predicted molar refractivity (Wildman–Crippen MR) is 84.9 cm³/mol. The smallest absolute Gasteiger partial charge is 0.123 e. The fraction of sp³-hybridized carbons (Fsp3) is 0.647. The standard InChI is InChI=1S/C17H29NO2/c1-7-10-18-13(2)12-20-16-9-8-14(19-6)11-15(16)17(3,4)5/h8-9,11,13,18H,7,10,12H2,1-6H3. The van der Waals surface area contributed by atoms with Gasteiger partial charge in [0.05, 0.1) is 7.11 Å². The lowest BCUT2D eigenvalue weighted by molar-refractivity contribution is 0.267. The average molecular weight is 279 g/mol. The van der Waals surface area contributed by atoms with Crippen molar-refractivity contribution in [2.45, 2.75) is 52.5 Å². The van der Waals surface area contributed by atoms with Gasteiger partial charge in [-0.1, -0.05) is 27.7 Å². The van der Waals surface area contributed by atoms with E-state index in [-0.39, 0.29) is 5.41 Å². The molecule has 114 valence electrons. The second-order valence-electron chi connectivity index (χ2n) is 6.28. The van der Waals surface area contributed by atoms with Crippen LogP contribution in [0.2, 0.25) is 0 Å². The van der Waals surface area contributed by atoms with E-state index < -0.39 is 0 Å². The van der Waals surface area contributed by atoms with Crippen LogP contribution in [0, 0.1) is 0 Å². The minimum atomic E-state index is 0.0317. The Hall–Kier alpha value is -1.22. The lowest BCUT2D eigenvalue weighted by Gasteiger charge is -2.24. The van der Waals surface area contributed by atoms with E-state index in [1.54, 1.807) is 7.11 Å². The van der Waals surface area contributed by atoms with Gasteiger partial charge in [-0.15, -0.1) is 0 Å². The third kappa shape index (κ3) is 5.04. The maximum Gasteiger partial charge on any atom is 0.123 e. The van der Waals surface area contributed by atoms with Gasteiger partial charge in [0.15, 0.2) is 0 Å². The summed E-state index contributed by atoms with van der Waals surface area (Å²) in [5.41, 5.74) is 1.21. The van der Waals surface area contributed by atoms with Gasteiger partial charge in [0, 0.05) is 11.6 Å². The molecule has 0 saturated carbocycles. The summed E-state index contributed by atoms with van der Waals surface area (Å²) < 4.78 is 11.3. The van der Waals surface area contributed by atoms with Gasteiger partial charge in [0.25, 0.3) is 0 Å². The Morgan fingerprint density at radius 3 is 2.50 bits per heavy atom. The number of benzene rings is 1. The van der Waals surface area contributed by atoms with Crippen molar-refractivity contribution >= 4 is 0 Å². The molecule has 0 bridgehead atoms. The molecule has 0 aliphatic rings. The molecule has 0 heterocycles. The molecule has 1 atom stereocenters. The van der Waals surface area contributed by atoms with Crippen molar-refractivity contribution in [2.75, 3.05) is 20.3 Å². The van der Waals surface area contributed by atoms with Crippen molar-refractivity contribution in [3.8, 4) is 11.5 Å². The molecule has 0 aromatic heterocycles. The van der Waals surface area contributed by atoms with Gasteiger partial charge in [-0.2, -0.15) is 0 Å². The molecule has 0 radical (unpaired) electrons. The number of methoxy groups -OCH3 is 1. The summed E-state index contributed by atoms with van der Waals surface area (Å²) in [7, 11) is 1.69. The van der Waals surface area contributed by atoms with Crippen LogP contribution in [0.5, 0.6) is 11.5 Å². The maximum atomic E-state index is 6.00. The van der Waals surface area contributed by atoms with E-state index in [1.165, 1.54) is 5.56 Å². The van der Waals surface area contributed by atoms with Crippen LogP contribution in [0.1, 0.15) is 46.6 Å². The van der Waals surface area contributed by atoms with E-state index in [4.69, 9.17) is 9.47 Å². The van der Waals surface area contributed by atoms with Gasteiger partial charge < -0.3 is 14.8 Å². The molecular weight excluding hydrogens is 250 g/mol. The van der Waals surface area contributed by atoms with Crippen molar-refractivity contribution in [2.24, 2.45) is 0 Å². The first-order valence-corrected chi connectivity index (χ1v) is 7.43. The number of rotatable bonds is 7. The Balaban J connectivity index is 2.79. The van der Waals surface area contributed by atoms with Gasteiger partial charge in [0.2, 0.25) is 0 Å². The van der Waals surface area contributed by atoms with Crippen molar-refractivity contribution in [1.29, 1.82) is 0 Å². The molecule has 1 aromatic rings. The van der Waals surface area contributed by atoms with E-state index in [0.29, 0.717) is 12.6 Å². The van der Waals surface area contributed by atoms with Crippen LogP contribution in [0.3, 0.4) is 0 Å². The van der Waals surface area contributed by atoms with Crippen molar-refractivity contribution in [1.82, 2.24) is 5.32 Å². The molecule has 1 N–H and O–H groups in total. The highest BCUT2D eigenvalue weighted by Gasteiger charge is 2.20. The van der Waals surface area contributed by atoms with Crippen LogP contribution in [0.4, 0.5) is 0 Å². The Morgan fingerprint density at radius 2 is 1.95 bits per heavy atom. The van der Waals surface area contributed by atoms with E-state index in [1.807, 2.05) is 12.1 Å². The zero-order valence-electron chi connectivity index (χ0n) is 13.7. The number of ether oxygens (including phenoxy) is 2. The molecule has 0 fully saturated rings. The normalized spacial score (nSPS) is 13.1. The van der Waals surface area contributed by atoms with Crippen molar-refractivity contribution in [3.05, 3.63) is 23.8 Å². The largest absolute Gasteiger partial charge is 0.497 e. The van der Waals surface area contributed by atoms with Crippen LogP contribution in [0.15, 0.2) is 18.2 Å². The van der Waals surface area contributed by atoms with Crippen LogP contribution in [0.25, 0.3) is 0 Å². The Bertz CT molecular complexity index is 410. The Kier molecular flexibility index (Phi) is 6.34. The first-order chi connectivity index (χ1) is 9.38. The zero-order chi connectivity index (χ0) is 15.2. The molecule has 0 aliphatic heterocycles. The first kappa shape index (κ1) is 16.8. The summed E-state index contributed by atoms with van der Waals surface area (Å²) in [4.78, 5) is 0. The fourth-order valence-corrected chi connectivity index (χ4v) is 2.01. The quantitative estimate of drug-likeness (QED) is 0.824. The number of nitrogens with one attached hydrogen (secondary N) is 1. The molecule has 0 aliphatic carbocycles. The van der Waals surface area contributed by atoms with Crippen LogP contribution < -0.4 is 14.8 Å². The topological polar surface area (TPSA) is 30.5 Å². The minimum absolute atomic E-state index is 0.0317. The monoisotopic (exact) mass is 279 g/mol. The Morgan fingerprint density at radius 1 is 1.25 bits per heavy atom. The third-order valence-electron chi connectivity index (χ3n) is 3.23. The van der Waals surface area contributed by atoms with Gasteiger partial charge in [0.1, 0.15) is 18.1 Å². The van der Waals surface area contributed by atoms with Crippen LogP contribution in [-0.2, 0) is 5.41 Å². The summed E-state index contributed by atoms with van der Waals surface area (Å²) in [5.74, 6) is 1.82. The highest BCUT2D eigenvalue weighted by atomic mass is 16.5. The molecule has 1 rings (SSSR count). The lowest BCUT2D eigenvalue weighted by Crippen LogP contribution is -2.32. The van der Waals surface area contributed by atoms with E-state index in [0.717, 1.165) is 24.5 Å². The van der Waals surface area contributed by atoms with E-state index >= 15 is 0 Å². The van der Waals surface area contributed by atoms with Gasteiger partial charge in [-0.05, 0) is 43.5 Å². The summed E-state index contributed by atoms with van der Waals surface area (Å²) in [6, 6.07) is 6.38. The van der Waals surface area contributed by atoms with Gasteiger partial charge in [-0.3, -0.25) is 0 Å². The summed E-state index contributed by atoms with van der Waals surface area (Å²) in [6.45, 7) is 12.6. The summed E-state index contributed by atoms with van der Waals surface area (Å²) in [6.07, 6.45) is 1.14. The van der Waals surface area contributed by atoms with Crippen molar-refractivity contribution in [3.63, 3.8) is 0 Å². The van der Waals surface area contributed by atoms with E-state index in [9.17, 15) is 0 Å². The second-order valence-corrected chi connectivity index (χ2v) is 6.28. The molecule has 0 saturated heterocycles. The van der Waals surface area contributed by atoms with E-state index in [2.05, 4.69) is 46.0 Å². The van der Waals surface area contributed by atoms with Crippen molar-refractivity contribution < 1.29 is 9.47 Å². The fourth-order valence-electron chi connectivity index (χ4n) is 2.01. The molecule has 20 heavy (non-hydrogen) atoms. The van der Waals surface area contributed by atoms with Gasteiger partial charge >= 0.3 is 0 Å². The molecule has 0 spiro atoms. The molecule has 1 aromatic carbocycles. The third-order valence-corrected chi connectivity index (χ3v) is 3.23. The first-order valence-electron chi connectivity index (χ1n) is 7.43. The van der Waals surface area contributed by atoms with Crippen LogP contribution >= 0.6 is 0 Å². The molecule has 0 amide bonds. The Labute approximate surface area is 123 Å². The highest BCUT2D eigenvalue weighted by Crippen LogP contribution is 2.34. The average Bonchev–Trinajstić information content (AvgIpc) is 2.41. The number of hydrogen-bond acceptors (Lipinski definition) is 3. The molecule has 1 unspecified atom stereocenters. The highest BCUT2D eigenvalue weighted by molar-refractivity contribution is 5.44.